The molecule has 1 heterocycles. The van der Waals surface area contributed by atoms with Gasteiger partial charge in [-0.05, 0) is 13.8 Å². The molecule has 0 spiro atoms. The predicted octanol–water partition coefficient (Wildman–Crippen LogP) is 1.54. The minimum absolute atomic E-state index is 0.316. The van der Waals surface area contributed by atoms with Crippen molar-refractivity contribution in [2.24, 2.45) is 11.5 Å². The minimum Gasteiger partial charge on any atom is -0.507 e. The maximum Gasteiger partial charge on any atom is 0.124 e. The van der Waals surface area contributed by atoms with Crippen LogP contribution in [0.1, 0.15) is 33.4 Å². The second-order valence-corrected chi connectivity index (χ2v) is 8.57. The Morgan fingerprint density at radius 1 is 0.710 bits per heavy atom. The average Bonchev–Trinajstić information content (AvgIpc) is 2.85. The summed E-state index contributed by atoms with van der Waals surface area (Å²) in [5.41, 5.74) is 17.3. The standard InChI is InChI=1S/C24H37N5O2/c1-17-9-19(13-25)23(30)21(11-17)15-28-5-3-27-4-6-29(8-7-28)16-22-12-18(2)10-20(14-26)24(22)31/h9-12,27,30-31H,3-8,13-16,25-26H2,1-2H3. The summed E-state index contributed by atoms with van der Waals surface area (Å²) in [7, 11) is 0. The van der Waals surface area contributed by atoms with Gasteiger partial charge in [-0.3, -0.25) is 9.80 Å². The largest absolute Gasteiger partial charge is 0.507 e. The third-order valence-corrected chi connectivity index (χ3v) is 5.99. The van der Waals surface area contributed by atoms with Gasteiger partial charge in [0, 0.05) is 87.7 Å². The first-order valence-electron chi connectivity index (χ1n) is 11.1. The summed E-state index contributed by atoms with van der Waals surface area (Å²) in [6.45, 7) is 11.5. The fourth-order valence-electron chi connectivity index (χ4n) is 4.32. The van der Waals surface area contributed by atoms with Crippen molar-refractivity contribution in [2.45, 2.75) is 40.0 Å². The molecule has 0 aliphatic carbocycles. The number of aromatic hydroxyl groups is 2. The van der Waals surface area contributed by atoms with Crippen LogP contribution in [0.25, 0.3) is 0 Å². The molecular weight excluding hydrogens is 390 g/mol. The van der Waals surface area contributed by atoms with Gasteiger partial charge in [0.15, 0.2) is 0 Å². The van der Waals surface area contributed by atoms with Crippen molar-refractivity contribution in [2.75, 3.05) is 39.3 Å². The van der Waals surface area contributed by atoms with Gasteiger partial charge in [0.05, 0.1) is 0 Å². The van der Waals surface area contributed by atoms with Crippen LogP contribution in [-0.2, 0) is 26.2 Å². The normalized spacial score (nSPS) is 16.6. The Balaban J connectivity index is 1.72. The van der Waals surface area contributed by atoms with Gasteiger partial charge in [-0.1, -0.05) is 35.4 Å². The van der Waals surface area contributed by atoms with Gasteiger partial charge in [0.25, 0.3) is 0 Å². The molecule has 7 heteroatoms. The summed E-state index contributed by atoms with van der Waals surface area (Å²) < 4.78 is 0. The lowest BCUT2D eigenvalue weighted by atomic mass is 10.0. The summed E-state index contributed by atoms with van der Waals surface area (Å²) in [6, 6.07) is 7.99. The van der Waals surface area contributed by atoms with Crippen molar-refractivity contribution in [1.29, 1.82) is 0 Å². The van der Waals surface area contributed by atoms with Crippen molar-refractivity contribution in [3.8, 4) is 11.5 Å². The van der Waals surface area contributed by atoms with Gasteiger partial charge in [0.2, 0.25) is 0 Å². The molecule has 1 aliphatic heterocycles. The highest BCUT2D eigenvalue weighted by Crippen LogP contribution is 2.27. The van der Waals surface area contributed by atoms with E-state index in [9.17, 15) is 10.2 Å². The van der Waals surface area contributed by atoms with Crippen molar-refractivity contribution >= 4 is 0 Å². The highest BCUT2D eigenvalue weighted by atomic mass is 16.3. The van der Waals surface area contributed by atoms with Gasteiger partial charge in [-0.2, -0.15) is 0 Å². The first kappa shape index (κ1) is 23.5. The Bertz CT molecular complexity index is 815. The molecule has 31 heavy (non-hydrogen) atoms. The number of hydrogen-bond acceptors (Lipinski definition) is 7. The van der Waals surface area contributed by atoms with E-state index in [1.54, 1.807) is 0 Å². The summed E-state index contributed by atoms with van der Waals surface area (Å²) in [6.07, 6.45) is 0. The van der Waals surface area contributed by atoms with Gasteiger partial charge in [-0.15, -0.1) is 0 Å². The molecular formula is C24H37N5O2. The molecule has 2 aromatic rings. The molecule has 3 rings (SSSR count). The molecule has 0 radical (unpaired) electrons. The predicted molar refractivity (Wildman–Crippen MR) is 125 cm³/mol. The number of rotatable bonds is 6. The summed E-state index contributed by atoms with van der Waals surface area (Å²) in [4.78, 5) is 4.73. The Hall–Kier alpha value is -2.16. The lowest BCUT2D eigenvalue weighted by Crippen LogP contribution is -2.35. The average molecular weight is 428 g/mol. The van der Waals surface area contributed by atoms with E-state index in [1.165, 1.54) is 0 Å². The van der Waals surface area contributed by atoms with Gasteiger partial charge in [0.1, 0.15) is 11.5 Å². The Morgan fingerprint density at radius 2 is 1.10 bits per heavy atom. The summed E-state index contributed by atoms with van der Waals surface area (Å²) in [5.74, 6) is 0.633. The highest BCUT2D eigenvalue weighted by Gasteiger charge is 2.17. The molecule has 0 unspecified atom stereocenters. The number of phenolic OH excluding ortho intramolecular Hbond substituents is 2. The van der Waals surface area contributed by atoms with E-state index in [0.717, 1.165) is 72.6 Å². The second kappa shape index (κ2) is 10.9. The second-order valence-electron chi connectivity index (χ2n) is 8.57. The van der Waals surface area contributed by atoms with Gasteiger partial charge in [-0.25, -0.2) is 0 Å². The Morgan fingerprint density at radius 3 is 1.48 bits per heavy atom. The van der Waals surface area contributed by atoms with E-state index in [-0.39, 0.29) is 0 Å². The molecule has 7 N–H and O–H groups in total. The molecule has 0 amide bonds. The van der Waals surface area contributed by atoms with Crippen molar-refractivity contribution in [1.82, 2.24) is 15.1 Å². The van der Waals surface area contributed by atoms with Crippen molar-refractivity contribution in [3.63, 3.8) is 0 Å². The van der Waals surface area contributed by atoms with Crippen LogP contribution in [0.4, 0.5) is 0 Å². The van der Waals surface area contributed by atoms with Crippen molar-refractivity contribution in [3.05, 3.63) is 57.6 Å². The molecule has 0 saturated carbocycles. The molecule has 1 aliphatic rings. The van der Waals surface area contributed by atoms with E-state index in [1.807, 2.05) is 38.1 Å². The third-order valence-electron chi connectivity index (χ3n) is 5.99. The van der Waals surface area contributed by atoms with Crippen LogP contribution in [0.2, 0.25) is 0 Å². The number of hydrogen-bond donors (Lipinski definition) is 5. The monoisotopic (exact) mass is 427 g/mol. The zero-order valence-corrected chi connectivity index (χ0v) is 18.8. The van der Waals surface area contributed by atoms with Crippen LogP contribution in [0.15, 0.2) is 24.3 Å². The molecule has 7 nitrogen and oxygen atoms in total. The van der Waals surface area contributed by atoms with Crippen LogP contribution in [-0.4, -0.2) is 59.3 Å². The third kappa shape index (κ3) is 6.18. The molecule has 0 aromatic heterocycles. The lowest BCUT2D eigenvalue weighted by Gasteiger charge is -2.27. The van der Waals surface area contributed by atoms with Crippen LogP contribution >= 0.6 is 0 Å². The number of phenols is 2. The zero-order valence-electron chi connectivity index (χ0n) is 18.8. The zero-order chi connectivity index (χ0) is 22.4. The van der Waals surface area contributed by atoms with Crippen LogP contribution in [0.5, 0.6) is 11.5 Å². The molecule has 170 valence electrons. The molecule has 0 atom stereocenters. The quantitative estimate of drug-likeness (QED) is 0.475. The molecule has 2 aromatic carbocycles. The molecule has 0 bridgehead atoms. The van der Waals surface area contributed by atoms with Crippen LogP contribution in [0.3, 0.4) is 0 Å². The summed E-state index contributed by atoms with van der Waals surface area (Å²) >= 11 is 0. The SMILES string of the molecule is Cc1cc(CN)c(O)c(CN2CCNCCN(Cc3cc(C)cc(CN)c3O)CC2)c1. The topological polar surface area (TPSA) is 111 Å². The fourth-order valence-corrected chi connectivity index (χ4v) is 4.32. The van der Waals surface area contributed by atoms with E-state index in [0.29, 0.717) is 37.7 Å². The maximum absolute atomic E-state index is 10.6. The first-order chi connectivity index (χ1) is 14.9. The maximum atomic E-state index is 10.6. The highest BCUT2D eigenvalue weighted by molar-refractivity contribution is 5.44. The Labute approximate surface area is 185 Å². The minimum atomic E-state index is 0.316. The molecule has 1 fully saturated rings. The van der Waals surface area contributed by atoms with Gasteiger partial charge < -0.3 is 27.0 Å². The molecule has 1 saturated heterocycles. The number of nitrogens with one attached hydrogen (secondary N) is 1. The van der Waals surface area contributed by atoms with E-state index in [2.05, 4.69) is 15.1 Å². The van der Waals surface area contributed by atoms with Crippen LogP contribution < -0.4 is 16.8 Å². The van der Waals surface area contributed by atoms with Gasteiger partial charge >= 0.3 is 0 Å². The Kier molecular flexibility index (Phi) is 8.28. The fraction of sp³-hybridized carbons (Fsp3) is 0.500. The van der Waals surface area contributed by atoms with Crippen LogP contribution in [0, 0.1) is 13.8 Å². The number of nitrogens with two attached hydrogens (primary N) is 2. The number of aryl methyl sites for hydroxylation is 2. The lowest BCUT2D eigenvalue weighted by molar-refractivity contribution is 0.207. The van der Waals surface area contributed by atoms with E-state index < -0.39 is 0 Å². The van der Waals surface area contributed by atoms with Crippen molar-refractivity contribution < 1.29 is 10.2 Å². The smallest absolute Gasteiger partial charge is 0.124 e. The first-order valence-corrected chi connectivity index (χ1v) is 11.1. The number of nitrogens with zero attached hydrogens (tertiary/aromatic N) is 2. The summed E-state index contributed by atoms with van der Waals surface area (Å²) in [5, 5.41) is 24.7. The van der Waals surface area contributed by atoms with E-state index >= 15 is 0 Å². The number of benzene rings is 2. The van der Waals surface area contributed by atoms with E-state index in [4.69, 9.17) is 11.5 Å².